The van der Waals surface area contributed by atoms with Crippen LogP contribution in [0.1, 0.15) is 71.1 Å². The average Bonchev–Trinajstić information content (AvgIpc) is 3.46. The van der Waals surface area contributed by atoms with Gasteiger partial charge in [0.1, 0.15) is 11.0 Å². The van der Waals surface area contributed by atoms with Crippen molar-refractivity contribution in [2.45, 2.75) is 66.3 Å². The maximum atomic E-state index is 13.4. The minimum atomic E-state index is -0.892. The molecule has 0 spiro atoms. The number of ether oxygens (including phenoxy) is 1. The van der Waals surface area contributed by atoms with E-state index >= 15 is 0 Å². The number of hydrogen-bond donors (Lipinski definition) is 1. The molecule has 3 heterocycles. The molecular formula is C24H29N5O4S. The molecule has 0 radical (unpaired) electrons. The van der Waals surface area contributed by atoms with Gasteiger partial charge in [0.05, 0.1) is 17.9 Å². The summed E-state index contributed by atoms with van der Waals surface area (Å²) in [6.45, 7) is 9.30. The predicted molar refractivity (Wildman–Crippen MR) is 130 cm³/mol. The van der Waals surface area contributed by atoms with Gasteiger partial charge < -0.3 is 10.1 Å². The van der Waals surface area contributed by atoms with Crippen molar-refractivity contribution in [3.63, 3.8) is 0 Å². The number of fused-ring (bicyclic) bond motifs is 1. The maximum absolute atomic E-state index is 13.4. The Balaban J connectivity index is 1.73. The molecule has 1 aliphatic rings. The first-order chi connectivity index (χ1) is 16.2. The van der Waals surface area contributed by atoms with Gasteiger partial charge in [0.25, 0.3) is 5.56 Å². The molecule has 0 saturated heterocycles. The lowest BCUT2D eigenvalue weighted by atomic mass is 10.1. The summed E-state index contributed by atoms with van der Waals surface area (Å²) in [5.74, 6) is -0.558. The van der Waals surface area contributed by atoms with Crippen molar-refractivity contribution in [1.82, 2.24) is 19.3 Å². The summed E-state index contributed by atoms with van der Waals surface area (Å²) in [5.41, 5.74) is 3.26. The lowest BCUT2D eigenvalue weighted by Gasteiger charge is -2.20. The number of hydrogen-bond acceptors (Lipinski definition) is 7. The van der Waals surface area contributed by atoms with Crippen LogP contribution in [0.2, 0.25) is 0 Å². The molecule has 180 valence electrons. The number of aryl methyl sites for hydroxylation is 4. The largest absolute Gasteiger partial charge is 0.462 e. The third kappa shape index (κ3) is 4.29. The van der Waals surface area contributed by atoms with E-state index < -0.39 is 17.9 Å². The fourth-order valence-corrected chi connectivity index (χ4v) is 5.58. The van der Waals surface area contributed by atoms with Crippen LogP contribution in [0.25, 0.3) is 5.95 Å². The number of anilines is 1. The molecule has 3 aromatic heterocycles. The highest BCUT2D eigenvalue weighted by atomic mass is 32.1. The summed E-state index contributed by atoms with van der Waals surface area (Å²) in [6, 6.07) is 2.44. The Morgan fingerprint density at radius 1 is 1.24 bits per heavy atom. The lowest BCUT2D eigenvalue weighted by Crippen LogP contribution is -2.35. The molecule has 9 nitrogen and oxygen atoms in total. The number of nitrogens with one attached hydrogen (secondary N) is 1. The number of rotatable bonds is 7. The fraction of sp³-hybridized carbons (Fsp3) is 0.458. The molecule has 3 aromatic rings. The Morgan fingerprint density at radius 2 is 2.00 bits per heavy atom. The minimum absolute atomic E-state index is 0.254. The van der Waals surface area contributed by atoms with Crippen LogP contribution in [-0.2, 0) is 28.8 Å². The van der Waals surface area contributed by atoms with E-state index in [-0.39, 0.29) is 18.1 Å². The first kappa shape index (κ1) is 23.9. The Labute approximate surface area is 201 Å². The predicted octanol–water partition coefficient (Wildman–Crippen LogP) is 3.53. The second kappa shape index (κ2) is 9.54. The molecule has 4 rings (SSSR count). The molecule has 0 unspecified atom stereocenters. The van der Waals surface area contributed by atoms with E-state index in [1.165, 1.54) is 22.0 Å². The zero-order chi connectivity index (χ0) is 24.6. The Bertz CT molecular complexity index is 1320. The van der Waals surface area contributed by atoms with Crippen LogP contribution in [-0.4, -0.2) is 37.8 Å². The molecule has 0 saturated carbocycles. The average molecular weight is 484 g/mol. The van der Waals surface area contributed by atoms with Crippen LogP contribution in [0.4, 0.5) is 5.00 Å². The van der Waals surface area contributed by atoms with Gasteiger partial charge >= 0.3 is 5.97 Å². The molecule has 1 N–H and O–H groups in total. The quantitative estimate of drug-likeness (QED) is 0.515. The third-order valence-electron chi connectivity index (χ3n) is 5.95. The highest BCUT2D eigenvalue weighted by molar-refractivity contribution is 7.17. The standard InChI is InChI=1S/C24H29N5O4S/c1-6-16-12-19(30)28(24(25-16)29-14(4)11-13(3)27-29)15(5)21(31)26-22-20(23(32)33-7-2)17-9-8-10-18(17)34-22/h11-12,15H,6-10H2,1-5H3,(H,26,31)/t15-/m1/s1. The van der Waals surface area contributed by atoms with Crippen molar-refractivity contribution in [2.24, 2.45) is 0 Å². The van der Waals surface area contributed by atoms with Crippen molar-refractivity contribution in [3.8, 4) is 5.95 Å². The van der Waals surface area contributed by atoms with Gasteiger partial charge in [-0.15, -0.1) is 11.3 Å². The number of amides is 1. The molecule has 10 heteroatoms. The van der Waals surface area contributed by atoms with Gasteiger partial charge in [-0.25, -0.2) is 14.5 Å². The summed E-state index contributed by atoms with van der Waals surface area (Å²) >= 11 is 1.41. The summed E-state index contributed by atoms with van der Waals surface area (Å²) in [6.07, 6.45) is 3.22. The Hall–Kier alpha value is -3.27. The third-order valence-corrected chi connectivity index (χ3v) is 7.16. The molecule has 1 aliphatic carbocycles. The van der Waals surface area contributed by atoms with E-state index in [9.17, 15) is 14.4 Å². The van der Waals surface area contributed by atoms with Crippen molar-refractivity contribution in [2.75, 3.05) is 11.9 Å². The molecule has 1 amide bonds. The van der Waals surface area contributed by atoms with Crippen LogP contribution in [0.5, 0.6) is 0 Å². The monoisotopic (exact) mass is 483 g/mol. The van der Waals surface area contributed by atoms with Gasteiger partial charge in [-0.2, -0.15) is 5.10 Å². The van der Waals surface area contributed by atoms with E-state index in [0.29, 0.717) is 22.7 Å². The molecular weight excluding hydrogens is 454 g/mol. The zero-order valence-electron chi connectivity index (χ0n) is 20.1. The van der Waals surface area contributed by atoms with Gasteiger partial charge in [0, 0.05) is 22.3 Å². The number of nitrogens with zero attached hydrogens (tertiary/aromatic N) is 4. The highest BCUT2D eigenvalue weighted by Crippen LogP contribution is 2.39. The fourth-order valence-electron chi connectivity index (χ4n) is 4.30. The second-order valence-electron chi connectivity index (χ2n) is 8.40. The van der Waals surface area contributed by atoms with Gasteiger partial charge in [-0.1, -0.05) is 6.92 Å². The number of esters is 1. The number of carbonyl (C=O) groups is 2. The zero-order valence-corrected chi connectivity index (χ0v) is 20.9. The SMILES string of the molecule is CCOC(=O)c1c(NC(=O)[C@@H](C)n2c(-n3nc(C)cc3C)nc(CC)cc2=O)sc2c1CCC2. The molecule has 0 aromatic carbocycles. The van der Waals surface area contributed by atoms with Crippen LogP contribution in [0, 0.1) is 13.8 Å². The number of carbonyl (C=O) groups excluding carboxylic acids is 2. The minimum Gasteiger partial charge on any atom is -0.462 e. The Morgan fingerprint density at radius 3 is 2.65 bits per heavy atom. The summed E-state index contributed by atoms with van der Waals surface area (Å²) in [5, 5.41) is 7.84. The normalized spacial score (nSPS) is 13.6. The molecule has 34 heavy (non-hydrogen) atoms. The highest BCUT2D eigenvalue weighted by Gasteiger charge is 2.30. The summed E-state index contributed by atoms with van der Waals surface area (Å²) < 4.78 is 8.19. The number of aromatic nitrogens is 4. The Kier molecular flexibility index (Phi) is 6.70. The molecule has 0 fully saturated rings. The summed E-state index contributed by atoms with van der Waals surface area (Å²) in [7, 11) is 0. The van der Waals surface area contributed by atoms with E-state index in [1.54, 1.807) is 18.5 Å². The topological polar surface area (TPSA) is 108 Å². The van der Waals surface area contributed by atoms with Crippen molar-refractivity contribution in [1.29, 1.82) is 0 Å². The number of thiophene rings is 1. The summed E-state index contributed by atoms with van der Waals surface area (Å²) in [4.78, 5) is 44.9. The smallest absolute Gasteiger partial charge is 0.341 e. The first-order valence-corrected chi connectivity index (χ1v) is 12.3. The van der Waals surface area contributed by atoms with E-state index in [2.05, 4.69) is 15.4 Å². The van der Waals surface area contributed by atoms with Crippen LogP contribution >= 0.6 is 11.3 Å². The van der Waals surface area contributed by atoms with Gasteiger partial charge in [0.15, 0.2) is 0 Å². The van der Waals surface area contributed by atoms with Gasteiger partial charge in [-0.3, -0.25) is 14.2 Å². The van der Waals surface area contributed by atoms with Crippen LogP contribution in [0.15, 0.2) is 16.9 Å². The van der Waals surface area contributed by atoms with Crippen molar-refractivity contribution in [3.05, 3.63) is 55.6 Å². The lowest BCUT2D eigenvalue weighted by molar-refractivity contribution is -0.118. The van der Waals surface area contributed by atoms with E-state index in [4.69, 9.17) is 4.74 Å². The van der Waals surface area contributed by atoms with E-state index in [1.807, 2.05) is 26.8 Å². The van der Waals surface area contributed by atoms with Crippen LogP contribution < -0.4 is 10.9 Å². The second-order valence-corrected chi connectivity index (χ2v) is 9.50. The first-order valence-electron chi connectivity index (χ1n) is 11.5. The molecule has 0 bridgehead atoms. The van der Waals surface area contributed by atoms with E-state index in [0.717, 1.165) is 41.1 Å². The van der Waals surface area contributed by atoms with Crippen molar-refractivity contribution >= 4 is 28.2 Å². The molecule has 0 aliphatic heterocycles. The van der Waals surface area contributed by atoms with Crippen molar-refractivity contribution < 1.29 is 14.3 Å². The van der Waals surface area contributed by atoms with Crippen LogP contribution in [0.3, 0.4) is 0 Å². The van der Waals surface area contributed by atoms with Gasteiger partial charge in [0.2, 0.25) is 11.9 Å². The van der Waals surface area contributed by atoms with Gasteiger partial charge in [-0.05, 0) is 65.0 Å². The molecule has 1 atom stereocenters. The maximum Gasteiger partial charge on any atom is 0.341 e.